The average Bonchev–Trinajstić information content (AvgIpc) is 3.03. The van der Waals surface area contributed by atoms with Crippen molar-refractivity contribution in [2.45, 2.75) is 36.1 Å². The summed E-state index contributed by atoms with van der Waals surface area (Å²) in [4.78, 5) is 12.1. The minimum Gasteiger partial charge on any atom is -0.493 e. The van der Waals surface area contributed by atoms with E-state index < -0.39 is 10.0 Å². The van der Waals surface area contributed by atoms with E-state index in [1.165, 1.54) is 23.9 Å². The van der Waals surface area contributed by atoms with Crippen molar-refractivity contribution in [2.75, 3.05) is 24.7 Å². The largest absolute Gasteiger partial charge is 0.493 e. The van der Waals surface area contributed by atoms with Gasteiger partial charge in [0.2, 0.25) is 15.9 Å². The molecule has 0 unspecified atom stereocenters. The predicted molar refractivity (Wildman–Crippen MR) is 106 cm³/mol. The second-order valence-corrected chi connectivity index (χ2v) is 8.82. The van der Waals surface area contributed by atoms with Gasteiger partial charge in [0.05, 0.1) is 22.8 Å². The number of amides is 1. The molecule has 0 saturated heterocycles. The second kappa shape index (κ2) is 10.4. The van der Waals surface area contributed by atoms with Gasteiger partial charge in [-0.05, 0) is 37.1 Å². The van der Waals surface area contributed by atoms with Crippen LogP contribution in [0, 0.1) is 0 Å². The van der Waals surface area contributed by atoms with Crippen LogP contribution >= 0.6 is 24.2 Å². The van der Waals surface area contributed by atoms with Gasteiger partial charge in [0.1, 0.15) is 5.75 Å². The molecule has 1 saturated carbocycles. The Hall–Kier alpha value is -1.00. The highest BCUT2D eigenvalue weighted by atomic mass is 35.5. The molecule has 148 valence electrons. The van der Waals surface area contributed by atoms with Gasteiger partial charge in [-0.2, -0.15) is 0 Å². The number of nitrogens with one attached hydrogen (secondary N) is 1. The maximum atomic E-state index is 12.0. The van der Waals surface area contributed by atoms with Crippen molar-refractivity contribution in [1.29, 1.82) is 0 Å². The monoisotopic (exact) mass is 423 g/mol. The average molecular weight is 424 g/mol. The third-order valence-corrected chi connectivity index (χ3v) is 6.09. The quantitative estimate of drug-likeness (QED) is 0.513. The summed E-state index contributed by atoms with van der Waals surface area (Å²) in [5.74, 6) is 1.59. The Balaban J connectivity index is 0.00000338. The summed E-state index contributed by atoms with van der Waals surface area (Å²) in [6.45, 7) is 0.912. The molecule has 1 aromatic carbocycles. The number of thioether (sulfide) groups is 1. The van der Waals surface area contributed by atoms with Gasteiger partial charge in [0.15, 0.2) is 0 Å². The number of hydrogen-bond acceptors (Lipinski definition) is 6. The van der Waals surface area contributed by atoms with Gasteiger partial charge in [0, 0.05) is 12.3 Å². The van der Waals surface area contributed by atoms with E-state index in [0.717, 1.165) is 25.7 Å². The number of halogens is 1. The second-order valence-electron chi connectivity index (χ2n) is 6.16. The maximum Gasteiger partial charge on any atom is 0.238 e. The molecule has 0 aromatic heterocycles. The normalized spacial score (nSPS) is 15.9. The third-order valence-electron chi connectivity index (χ3n) is 4.24. The molecule has 10 heteroatoms. The molecule has 1 fully saturated rings. The van der Waals surface area contributed by atoms with Crippen molar-refractivity contribution in [3.05, 3.63) is 24.3 Å². The van der Waals surface area contributed by atoms with Crippen molar-refractivity contribution < 1.29 is 17.9 Å². The van der Waals surface area contributed by atoms with Gasteiger partial charge in [0.25, 0.3) is 0 Å². The smallest absolute Gasteiger partial charge is 0.238 e. The standard InChI is InChI=1S/C16H25N3O4S2.ClH/c17-12-16(7-1-2-8-16)19-15(20)11-24-10-9-23-13-3-5-14(6-4-13)25(18,21)22;/h3-6H,1-2,7-12,17H2,(H,19,20)(H2,18,21,22);1H. The van der Waals surface area contributed by atoms with E-state index in [1.54, 1.807) is 12.1 Å². The Bertz CT molecular complexity index is 677. The van der Waals surface area contributed by atoms with Crippen LogP contribution in [0.15, 0.2) is 29.2 Å². The Morgan fingerprint density at radius 2 is 1.85 bits per heavy atom. The molecule has 0 spiro atoms. The molecule has 0 atom stereocenters. The summed E-state index contributed by atoms with van der Waals surface area (Å²) in [7, 11) is -3.69. The lowest BCUT2D eigenvalue weighted by Gasteiger charge is -2.28. The molecule has 2 rings (SSSR count). The molecule has 5 N–H and O–H groups in total. The molecule has 26 heavy (non-hydrogen) atoms. The lowest BCUT2D eigenvalue weighted by Crippen LogP contribution is -2.52. The van der Waals surface area contributed by atoms with Crippen molar-refractivity contribution >= 4 is 40.1 Å². The van der Waals surface area contributed by atoms with Gasteiger partial charge in [-0.25, -0.2) is 13.6 Å². The van der Waals surface area contributed by atoms with Crippen LogP contribution in [0.5, 0.6) is 5.75 Å². The molecule has 0 radical (unpaired) electrons. The Labute approximate surface area is 165 Å². The lowest BCUT2D eigenvalue weighted by molar-refractivity contribution is -0.120. The van der Waals surface area contributed by atoms with Crippen LogP contribution in [-0.4, -0.2) is 44.5 Å². The predicted octanol–water partition coefficient (Wildman–Crippen LogP) is 1.26. The van der Waals surface area contributed by atoms with E-state index in [0.29, 0.717) is 30.4 Å². The third kappa shape index (κ3) is 6.96. The van der Waals surface area contributed by atoms with Crippen LogP contribution < -0.4 is 20.9 Å². The lowest BCUT2D eigenvalue weighted by atomic mass is 9.98. The van der Waals surface area contributed by atoms with Crippen LogP contribution in [0.3, 0.4) is 0 Å². The number of ether oxygens (including phenoxy) is 1. The first-order valence-corrected chi connectivity index (χ1v) is 10.9. The summed E-state index contributed by atoms with van der Waals surface area (Å²) in [5, 5.41) is 8.11. The number of benzene rings is 1. The molecule has 1 aromatic rings. The van der Waals surface area contributed by atoms with Crippen molar-refractivity contribution in [1.82, 2.24) is 5.32 Å². The zero-order valence-electron chi connectivity index (χ0n) is 14.5. The first-order valence-electron chi connectivity index (χ1n) is 8.19. The summed E-state index contributed by atoms with van der Waals surface area (Å²) >= 11 is 1.49. The van der Waals surface area contributed by atoms with Crippen LogP contribution in [0.1, 0.15) is 25.7 Å². The van der Waals surface area contributed by atoms with Gasteiger partial charge >= 0.3 is 0 Å². The van der Waals surface area contributed by atoms with E-state index in [2.05, 4.69) is 5.32 Å². The maximum absolute atomic E-state index is 12.0. The number of carbonyl (C=O) groups is 1. The summed E-state index contributed by atoms with van der Waals surface area (Å²) in [5.41, 5.74) is 5.60. The van der Waals surface area contributed by atoms with Crippen molar-refractivity contribution in [2.24, 2.45) is 10.9 Å². The first-order chi connectivity index (χ1) is 11.8. The fourth-order valence-corrected chi connectivity index (χ4v) is 3.99. The molecule has 7 nitrogen and oxygen atoms in total. The van der Waals surface area contributed by atoms with E-state index in [9.17, 15) is 13.2 Å². The Morgan fingerprint density at radius 1 is 1.23 bits per heavy atom. The Morgan fingerprint density at radius 3 is 2.38 bits per heavy atom. The zero-order chi connectivity index (χ0) is 18.3. The number of rotatable bonds is 9. The van der Waals surface area contributed by atoms with E-state index in [-0.39, 0.29) is 28.7 Å². The highest BCUT2D eigenvalue weighted by molar-refractivity contribution is 7.99. The molecule has 1 amide bonds. The summed E-state index contributed by atoms with van der Waals surface area (Å²) in [6, 6.07) is 5.92. The molecule has 0 heterocycles. The van der Waals surface area contributed by atoms with Gasteiger partial charge in [-0.1, -0.05) is 12.8 Å². The molecular formula is C16H26ClN3O4S2. The van der Waals surface area contributed by atoms with Gasteiger partial charge < -0.3 is 15.8 Å². The molecule has 0 aliphatic heterocycles. The Kier molecular flexibility index (Phi) is 9.18. The highest BCUT2D eigenvalue weighted by Gasteiger charge is 2.33. The fourth-order valence-electron chi connectivity index (χ4n) is 2.87. The van der Waals surface area contributed by atoms with Gasteiger partial charge in [-0.15, -0.1) is 24.2 Å². The van der Waals surface area contributed by atoms with Gasteiger partial charge in [-0.3, -0.25) is 4.79 Å². The van der Waals surface area contributed by atoms with E-state index in [1.807, 2.05) is 0 Å². The van der Waals surface area contributed by atoms with Crippen molar-refractivity contribution in [3.63, 3.8) is 0 Å². The van der Waals surface area contributed by atoms with Crippen LogP contribution in [-0.2, 0) is 14.8 Å². The first kappa shape index (κ1) is 23.0. The minimum atomic E-state index is -3.69. The number of nitrogens with two attached hydrogens (primary N) is 2. The van der Waals surface area contributed by atoms with E-state index in [4.69, 9.17) is 15.6 Å². The number of hydrogen-bond donors (Lipinski definition) is 3. The van der Waals surface area contributed by atoms with Crippen LogP contribution in [0.2, 0.25) is 0 Å². The summed E-state index contributed by atoms with van der Waals surface area (Å²) < 4.78 is 27.8. The number of primary sulfonamides is 1. The molecule has 1 aliphatic carbocycles. The number of sulfonamides is 1. The minimum absolute atomic E-state index is 0. The highest BCUT2D eigenvalue weighted by Crippen LogP contribution is 2.28. The zero-order valence-corrected chi connectivity index (χ0v) is 16.9. The van der Waals surface area contributed by atoms with Crippen LogP contribution in [0.25, 0.3) is 0 Å². The molecular weight excluding hydrogens is 398 g/mol. The summed E-state index contributed by atoms with van der Waals surface area (Å²) in [6.07, 6.45) is 4.14. The van der Waals surface area contributed by atoms with Crippen LogP contribution in [0.4, 0.5) is 0 Å². The molecule has 1 aliphatic rings. The topological polar surface area (TPSA) is 125 Å². The SMILES string of the molecule is Cl.NCC1(NC(=O)CSCCOc2ccc(S(N)(=O)=O)cc2)CCCC1. The fraction of sp³-hybridized carbons (Fsp3) is 0.562. The number of carbonyl (C=O) groups excluding carboxylic acids is 1. The molecule has 0 bridgehead atoms. The van der Waals surface area contributed by atoms with Crippen molar-refractivity contribution in [3.8, 4) is 5.75 Å². The van der Waals surface area contributed by atoms with E-state index >= 15 is 0 Å².